The Labute approximate surface area is 410 Å². The minimum Gasteiger partial charge on any atom is -0.466 e. The fourth-order valence-electron chi connectivity index (χ4n) is 8.61. The molecule has 3 N–H and O–H groups in total. The zero-order valence-corrected chi connectivity index (χ0v) is 43.9. The van der Waals surface area contributed by atoms with Gasteiger partial charge < -0.3 is 20.3 Å². The number of hydrogen-bond acceptors (Lipinski definition) is 5. The molecule has 0 spiro atoms. The van der Waals surface area contributed by atoms with Crippen LogP contribution in [0.25, 0.3) is 0 Å². The molecule has 66 heavy (non-hydrogen) atoms. The molecule has 0 radical (unpaired) electrons. The molecule has 0 saturated carbocycles. The highest BCUT2D eigenvalue weighted by Gasteiger charge is 2.17. The molecule has 2 atom stereocenters. The molecule has 0 aromatic heterocycles. The fraction of sp³-hybridized carbons (Fsp3) is 0.833. The molecular weight excluding hydrogens is 815 g/mol. The normalized spacial score (nSPS) is 13.0. The molecule has 1 amide bonds. The Kier molecular flexibility index (Phi) is 53.6. The van der Waals surface area contributed by atoms with Crippen molar-refractivity contribution in [2.75, 3.05) is 13.2 Å². The number of nitrogens with one attached hydrogen (secondary N) is 1. The monoisotopic (exact) mass is 926 g/mol. The van der Waals surface area contributed by atoms with Crippen LogP contribution < -0.4 is 5.32 Å². The summed E-state index contributed by atoms with van der Waals surface area (Å²) in [5, 5.41) is 23.1. The summed E-state index contributed by atoms with van der Waals surface area (Å²) in [6, 6.07) is -0.674. The summed E-state index contributed by atoms with van der Waals surface area (Å²) in [6.07, 6.45) is 70.1. The molecule has 2 unspecified atom stereocenters. The van der Waals surface area contributed by atoms with E-state index in [2.05, 4.69) is 49.5 Å². The van der Waals surface area contributed by atoms with Crippen LogP contribution in [0.1, 0.15) is 296 Å². The predicted octanol–water partition coefficient (Wildman–Crippen LogP) is 17.8. The number of esters is 1. The number of carbonyl (C=O) groups excluding carboxylic acids is 2. The second kappa shape index (κ2) is 55.4. The van der Waals surface area contributed by atoms with Gasteiger partial charge in [0.1, 0.15) is 0 Å². The maximum atomic E-state index is 12.4. The van der Waals surface area contributed by atoms with Crippen molar-refractivity contribution in [3.05, 3.63) is 48.6 Å². The van der Waals surface area contributed by atoms with Crippen LogP contribution >= 0.6 is 0 Å². The highest BCUT2D eigenvalue weighted by atomic mass is 16.5. The molecule has 0 saturated heterocycles. The third-order valence-electron chi connectivity index (χ3n) is 13.1. The maximum absolute atomic E-state index is 12.4. The summed E-state index contributed by atoms with van der Waals surface area (Å²) in [5.74, 6) is -0.177. The van der Waals surface area contributed by atoms with Gasteiger partial charge in [-0.2, -0.15) is 0 Å². The zero-order valence-electron chi connectivity index (χ0n) is 43.9. The third-order valence-corrected chi connectivity index (χ3v) is 13.1. The molecular formula is C60H111NO5. The van der Waals surface area contributed by atoms with Gasteiger partial charge in [-0.05, 0) is 70.6 Å². The Bertz CT molecular complexity index is 1110. The molecule has 0 aliphatic rings. The Morgan fingerprint density at radius 2 is 0.788 bits per heavy atom. The van der Waals surface area contributed by atoms with Gasteiger partial charge >= 0.3 is 5.97 Å². The van der Waals surface area contributed by atoms with Crippen LogP contribution in [-0.2, 0) is 14.3 Å². The smallest absolute Gasteiger partial charge is 0.305 e. The van der Waals surface area contributed by atoms with Gasteiger partial charge in [-0.3, -0.25) is 9.59 Å². The molecule has 0 aromatic rings. The zero-order chi connectivity index (χ0) is 47.9. The van der Waals surface area contributed by atoms with Crippen LogP contribution in [0.2, 0.25) is 0 Å². The number of rotatable bonds is 53. The Hall–Kier alpha value is -2.18. The molecule has 0 heterocycles. The molecule has 6 heteroatoms. The molecule has 386 valence electrons. The molecule has 0 rings (SSSR count). The molecule has 0 aliphatic carbocycles. The first kappa shape index (κ1) is 63.8. The van der Waals surface area contributed by atoms with Gasteiger partial charge in [-0.25, -0.2) is 0 Å². The van der Waals surface area contributed by atoms with Gasteiger partial charge in [0.25, 0.3) is 0 Å². The number of amides is 1. The quantitative estimate of drug-likeness (QED) is 0.0321. The van der Waals surface area contributed by atoms with Crippen molar-refractivity contribution in [3.8, 4) is 0 Å². The van der Waals surface area contributed by atoms with Crippen molar-refractivity contribution in [1.82, 2.24) is 5.32 Å². The molecule has 0 aliphatic heterocycles. The summed E-state index contributed by atoms with van der Waals surface area (Å²) in [6.45, 7) is 4.80. The van der Waals surface area contributed by atoms with Crippen LogP contribution in [0.5, 0.6) is 0 Å². The number of carbonyl (C=O) groups is 2. The lowest BCUT2D eigenvalue weighted by molar-refractivity contribution is -0.143. The summed E-state index contributed by atoms with van der Waals surface area (Å²) < 4.78 is 5.43. The van der Waals surface area contributed by atoms with Crippen molar-refractivity contribution in [3.63, 3.8) is 0 Å². The summed E-state index contributed by atoms with van der Waals surface area (Å²) in [7, 11) is 0. The first-order valence-corrected chi connectivity index (χ1v) is 28.9. The van der Waals surface area contributed by atoms with Gasteiger partial charge in [-0.1, -0.05) is 262 Å². The average Bonchev–Trinajstić information content (AvgIpc) is 3.32. The second-order valence-electron chi connectivity index (χ2n) is 19.6. The van der Waals surface area contributed by atoms with E-state index in [0.29, 0.717) is 25.9 Å². The number of allylic oxidation sites excluding steroid dienone is 7. The van der Waals surface area contributed by atoms with E-state index in [0.717, 1.165) is 51.4 Å². The SMILES string of the molecule is CCCC/C=C\CCCCCCCC(=O)OCCCCCCCC/C=C\C/C=C\CCC(=O)NC(CO)C(O)/C=C/CCCCCCCCCCCCCCCCCCCCCCCCC. The lowest BCUT2D eigenvalue weighted by Gasteiger charge is -2.19. The van der Waals surface area contributed by atoms with Crippen molar-refractivity contribution in [1.29, 1.82) is 0 Å². The van der Waals surface area contributed by atoms with Crippen LogP contribution in [0.3, 0.4) is 0 Å². The largest absolute Gasteiger partial charge is 0.466 e. The van der Waals surface area contributed by atoms with Crippen LogP contribution in [-0.4, -0.2) is 47.4 Å². The number of aliphatic hydroxyl groups excluding tert-OH is 2. The Morgan fingerprint density at radius 3 is 1.24 bits per heavy atom. The summed E-state index contributed by atoms with van der Waals surface area (Å²) >= 11 is 0. The number of aliphatic hydroxyl groups is 2. The summed E-state index contributed by atoms with van der Waals surface area (Å²) in [5.41, 5.74) is 0. The van der Waals surface area contributed by atoms with Gasteiger partial charge in [0.15, 0.2) is 0 Å². The van der Waals surface area contributed by atoms with E-state index >= 15 is 0 Å². The standard InChI is InChI=1S/C60H111NO5/c1-3-5-7-9-11-13-15-16-17-18-19-20-21-22-23-24-25-26-27-29-33-36-40-44-48-52-58(63)57(56-62)61-59(64)53-49-45-41-37-34-30-28-31-35-39-43-47-51-55-66-60(65)54-50-46-42-38-32-14-12-10-8-6-4-2/h10,12,30,34,41,45,48,52,57-58,62-63H,3-9,11,13-29,31-33,35-40,42-44,46-47,49-51,53-56H2,1-2H3,(H,61,64)/b12-10-,34-30-,45-41-,52-48+. The molecule has 0 aromatic carbocycles. The predicted molar refractivity (Wildman–Crippen MR) is 287 cm³/mol. The highest BCUT2D eigenvalue weighted by Crippen LogP contribution is 2.17. The highest BCUT2D eigenvalue weighted by molar-refractivity contribution is 5.76. The van der Waals surface area contributed by atoms with Crippen LogP contribution in [0, 0.1) is 0 Å². The van der Waals surface area contributed by atoms with E-state index in [1.54, 1.807) is 6.08 Å². The van der Waals surface area contributed by atoms with Gasteiger partial charge in [-0.15, -0.1) is 0 Å². The van der Waals surface area contributed by atoms with E-state index in [1.165, 1.54) is 212 Å². The van der Waals surface area contributed by atoms with E-state index in [9.17, 15) is 19.8 Å². The van der Waals surface area contributed by atoms with Crippen molar-refractivity contribution in [2.24, 2.45) is 0 Å². The first-order valence-electron chi connectivity index (χ1n) is 28.9. The maximum Gasteiger partial charge on any atom is 0.305 e. The number of ether oxygens (including phenoxy) is 1. The third kappa shape index (κ3) is 51.2. The molecule has 0 bridgehead atoms. The second-order valence-corrected chi connectivity index (χ2v) is 19.6. The average molecular weight is 927 g/mol. The van der Waals surface area contributed by atoms with Crippen LogP contribution in [0.15, 0.2) is 48.6 Å². The lowest BCUT2D eigenvalue weighted by atomic mass is 10.0. The van der Waals surface area contributed by atoms with Gasteiger partial charge in [0.2, 0.25) is 5.91 Å². The lowest BCUT2D eigenvalue weighted by Crippen LogP contribution is -2.45. The fourth-order valence-corrected chi connectivity index (χ4v) is 8.61. The molecule has 0 fully saturated rings. The van der Waals surface area contributed by atoms with Gasteiger partial charge in [0, 0.05) is 12.8 Å². The first-order chi connectivity index (χ1) is 32.5. The van der Waals surface area contributed by atoms with E-state index < -0.39 is 12.1 Å². The Morgan fingerprint density at radius 1 is 0.424 bits per heavy atom. The minimum atomic E-state index is -0.881. The van der Waals surface area contributed by atoms with E-state index in [-0.39, 0.29) is 18.5 Å². The minimum absolute atomic E-state index is 0.0297. The van der Waals surface area contributed by atoms with Crippen molar-refractivity contribution < 1.29 is 24.5 Å². The molecule has 6 nitrogen and oxygen atoms in total. The van der Waals surface area contributed by atoms with E-state index in [4.69, 9.17) is 4.74 Å². The summed E-state index contributed by atoms with van der Waals surface area (Å²) in [4.78, 5) is 24.4. The Balaban J connectivity index is 3.58. The van der Waals surface area contributed by atoms with E-state index in [1.807, 2.05) is 12.2 Å². The van der Waals surface area contributed by atoms with Crippen molar-refractivity contribution in [2.45, 2.75) is 309 Å². The number of unbranched alkanes of at least 4 members (excludes halogenated alkanes) is 36. The van der Waals surface area contributed by atoms with Crippen LogP contribution in [0.4, 0.5) is 0 Å². The topological polar surface area (TPSA) is 95.9 Å². The number of hydrogen-bond donors (Lipinski definition) is 3. The van der Waals surface area contributed by atoms with Crippen molar-refractivity contribution >= 4 is 11.9 Å². The van der Waals surface area contributed by atoms with Gasteiger partial charge in [0.05, 0.1) is 25.4 Å².